The van der Waals surface area contributed by atoms with E-state index in [4.69, 9.17) is 27.8 Å². The number of likely N-dealkylation sites (tertiary alicyclic amines) is 2. The minimum absolute atomic E-state index is 0.0429. The average Bonchev–Trinajstić information content (AvgIpc) is 3.20. The SMILES string of the molecule is COc1cc2cc(NC(=O)CCC/C=C/CCCC(=O)Nc3cc4cc(OC)c(OC5CCN(C)CC5)c(C)c4oc3=O)c(=O)oc2c(C)c1OC1CCN(C)CC1. The van der Waals surface area contributed by atoms with Crippen LogP contribution in [0.15, 0.2) is 54.8 Å². The highest BCUT2D eigenvalue weighted by molar-refractivity contribution is 5.95. The smallest absolute Gasteiger partial charge is 0.360 e. The van der Waals surface area contributed by atoms with Gasteiger partial charge in [-0.25, -0.2) is 9.59 Å². The number of anilines is 2. The molecule has 312 valence electrons. The third kappa shape index (κ3) is 10.4. The van der Waals surface area contributed by atoms with E-state index in [-0.39, 0.29) is 48.2 Å². The third-order valence-corrected chi connectivity index (χ3v) is 10.9. The lowest BCUT2D eigenvalue weighted by Gasteiger charge is -2.30. The molecule has 0 aliphatic carbocycles. The molecule has 4 aromatic rings. The molecule has 14 nitrogen and oxygen atoms in total. The third-order valence-electron chi connectivity index (χ3n) is 10.9. The maximum atomic E-state index is 12.9. The van der Waals surface area contributed by atoms with Crippen molar-refractivity contribution in [3.8, 4) is 23.0 Å². The van der Waals surface area contributed by atoms with E-state index in [1.54, 1.807) is 38.5 Å². The molecule has 2 amide bonds. The molecule has 2 fully saturated rings. The van der Waals surface area contributed by atoms with Gasteiger partial charge in [0.2, 0.25) is 11.8 Å². The van der Waals surface area contributed by atoms with Gasteiger partial charge in [0.1, 0.15) is 34.7 Å². The predicted octanol–water partition coefficient (Wildman–Crippen LogP) is 6.95. The van der Waals surface area contributed by atoms with Crippen molar-refractivity contribution >= 4 is 45.1 Å². The lowest BCUT2D eigenvalue weighted by Crippen LogP contribution is -2.35. The van der Waals surface area contributed by atoms with Gasteiger partial charge in [-0.2, -0.15) is 0 Å². The molecule has 0 spiro atoms. The van der Waals surface area contributed by atoms with Crippen LogP contribution in [0.2, 0.25) is 0 Å². The number of unbranched alkanes of at least 4 members (excludes halogenated alkanes) is 2. The molecule has 58 heavy (non-hydrogen) atoms. The molecular weight excluding hydrogens is 745 g/mol. The Kier molecular flexibility index (Phi) is 14.1. The van der Waals surface area contributed by atoms with Gasteiger partial charge in [0.15, 0.2) is 23.0 Å². The molecule has 2 aromatic heterocycles. The first-order valence-electron chi connectivity index (χ1n) is 20.2. The minimum Gasteiger partial charge on any atom is -0.493 e. The topological polar surface area (TPSA) is 162 Å². The van der Waals surface area contributed by atoms with E-state index in [1.165, 1.54) is 0 Å². The Labute approximate surface area is 338 Å². The minimum atomic E-state index is -0.637. The largest absolute Gasteiger partial charge is 0.493 e. The number of nitrogens with one attached hydrogen (secondary N) is 2. The summed E-state index contributed by atoms with van der Waals surface area (Å²) in [6.45, 7) is 7.45. The second kappa shape index (κ2) is 19.4. The number of carbonyl (C=O) groups is 2. The monoisotopic (exact) mass is 800 g/mol. The van der Waals surface area contributed by atoms with Crippen LogP contribution in [0.1, 0.15) is 75.3 Å². The molecule has 2 N–H and O–H groups in total. The molecular formula is C44H56N4O10. The Balaban J connectivity index is 0.942. The van der Waals surface area contributed by atoms with Crippen molar-refractivity contribution in [1.29, 1.82) is 0 Å². The van der Waals surface area contributed by atoms with Gasteiger partial charge in [-0.05, 0) is 104 Å². The van der Waals surface area contributed by atoms with Crippen LogP contribution in [0.5, 0.6) is 23.0 Å². The quantitative estimate of drug-likeness (QED) is 0.0683. The summed E-state index contributed by atoms with van der Waals surface area (Å²) in [4.78, 5) is 55.8. The van der Waals surface area contributed by atoms with Crippen LogP contribution in [0, 0.1) is 13.8 Å². The van der Waals surface area contributed by atoms with E-state index in [9.17, 15) is 19.2 Å². The van der Waals surface area contributed by atoms with E-state index < -0.39 is 11.3 Å². The Morgan fingerprint density at radius 2 is 1.05 bits per heavy atom. The van der Waals surface area contributed by atoms with Gasteiger partial charge in [0.25, 0.3) is 0 Å². The maximum Gasteiger partial charge on any atom is 0.360 e. The van der Waals surface area contributed by atoms with E-state index in [1.807, 2.05) is 26.0 Å². The molecule has 0 saturated carbocycles. The highest BCUT2D eigenvalue weighted by Crippen LogP contribution is 2.40. The summed E-state index contributed by atoms with van der Waals surface area (Å²) in [6.07, 6.45) is 10.4. The van der Waals surface area contributed by atoms with Gasteiger partial charge in [-0.1, -0.05) is 12.2 Å². The molecule has 2 aliphatic heterocycles. The highest BCUT2D eigenvalue weighted by atomic mass is 16.5. The number of nitrogens with zero attached hydrogens (tertiary/aromatic N) is 2. The van der Waals surface area contributed by atoms with Crippen molar-refractivity contribution in [2.75, 3.05) is 65.1 Å². The molecule has 0 radical (unpaired) electrons. The fourth-order valence-electron chi connectivity index (χ4n) is 7.49. The number of allylic oxidation sites excluding steroid dienone is 2. The fourth-order valence-corrected chi connectivity index (χ4v) is 7.49. The van der Waals surface area contributed by atoms with Gasteiger partial charge >= 0.3 is 11.3 Å². The molecule has 14 heteroatoms. The molecule has 0 atom stereocenters. The zero-order chi connectivity index (χ0) is 41.3. The Hall–Kier alpha value is -5.34. The van der Waals surface area contributed by atoms with E-state index in [2.05, 4.69) is 34.5 Å². The second-order valence-corrected chi connectivity index (χ2v) is 15.4. The second-order valence-electron chi connectivity index (χ2n) is 15.4. The lowest BCUT2D eigenvalue weighted by atomic mass is 10.1. The molecule has 0 unspecified atom stereocenters. The van der Waals surface area contributed by atoms with Crippen LogP contribution < -0.4 is 40.8 Å². The van der Waals surface area contributed by atoms with Crippen LogP contribution in [0.3, 0.4) is 0 Å². The van der Waals surface area contributed by atoms with Gasteiger partial charge in [0, 0.05) is 60.9 Å². The van der Waals surface area contributed by atoms with Gasteiger partial charge in [-0.3, -0.25) is 9.59 Å². The summed E-state index contributed by atoms with van der Waals surface area (Å²) in [6, 6.07) is 6.75. The van der Waals surface area contributed by atoms with Gasteiger partial charge < -0.3 is 48.2 Å². The first kappa shape index (κ1) is 42.3. The molecule has 2 aliphatic rings. The van der Waals surface area contributed by atoms with Crippen molar-refractivity contribution in [2.24, 2.45) is 0 Å². The summed E-state index contributed by atoms with van der Waals surface area (Å²) in [7, 11) is 7.33. The van der Waals surface area contributed by atoms with Crippen molar-refractivity contribution in [1.82, 2.24) is 9.80 Å². The standard InChI is InChI=1S/C44H56N4O10/c1-27-39-29(25-35(53-5)41(27)55-31-15-19-47(3)20-16-31)23-33(43(51)57-39)45-37(49)13-11-9-7-8-10-12-14-38(50)46-34-24-30-26-36(54-6)42(28(2)40(30)58-44(34)52)56-32-17-21-48(4)22-18-32/h7-8,23-26,31-32H,9-22H2,1-6H3,(H,45,49)(H,46,50)/b8-7+. The molecule has 0 bridgehead atoms. The van der Waals surface area contributed by atoms with Crippen molar-refractivity contribution < 1.29 is 37.4 Å². The van der Waals surface area contributed by atoms with E-state index in [0.29, 0.717) is 81.7 Å². The summed E-state index contributed by atoms with van der Waals surface area (Å²) in [5.41, 5.74) is 0.996. The number of fused-ring (bicyclic) bond motifs is 2. The van der Waals surface area contributed by atoms with Crippen molar-refractivity contribution in [3.63, 3.8) is 0 Å². The van der Waals surface area contributed by atoms with E-state index in [0.717, 1.165) is 51.9 Å². The molecule has 2 aromatic carbocycles. The number of hydrogen-bond acceptors (Lipinski definition) is 12. The zero-order valence-electron chi connectivity index (χ0n) is 34.5. The van der Waals surface area contributed by atoms with Crippen LogP contribution in [0.4, 0.5) is 11.4 Å². The Morgan fingerprint density at radius 1 is 0.672 bits per heavy atom. The Morgan fingerprint density at radius 3 is 1.41 bits per heavy atom. The summed E-state index contributed by atoms with van der Waals surface area (Å²) >= 11 is 0. The fraction of sp³-hybridized carbons (Fsp3) is 0.500. The normalized spacial score (nSPS) is 15.9. The highest BCUT2D eigenvalue weighted by Gasteiger charge is 2.25. The predicted molar refractivity (Wildman–Crippen MR) is 224 cm³/mol. The number of amides is 2. The van der Waals surface area contributed by atoms with Crippen molar-refractivity contribution in [2.45, 2.75) is 90.3 Å². The number of piperidine rings is 2. The van der Waals surface area contributed by atoms with Crippen LogP contribution in [-0.2, 0) is 9.59 Å². The molecule has 4 heterocycles. The molecule has 6 rings (SSSR count). The lowest BCUT2D eigenvalue weighted by molar-refractivity contribution is -0.117. The van der Waals surface area contributed by atoms with Gasteiger partial charge in [-0.15, -0.1) is 0 Å². The van der Waals surface area contributed by atoms with Crippen molar-refractivity contribution in [3.05, 3.63) is 68.4 Å². The number of methoxy groups -OCH3 is 2. The first-order valence-corrected chi connectivity index (χ1v) is 20.2. The average molecular weight is 801 g/mol. The summed E-state index contributed by atoms with van der Waals surface area (Å²) in [5.74, 6) is 1.62. The van der Waals surface area contributed by atoms with Crippen LogP contribution >= 0.6 is 0 Å². The van der Waals surface area contributed by atoms with Crippen LogP contribution in [-0.4, -0.2) is 88.3 Å². The number of aryl methyl sites for hydroxylation is 2. The first-order chi connectivity index (χ1) is 27.9. The number of ether oxygens (including phenoxy) is 4. The van der Waals surface area contributed by atoms with E-state index >= 15 is 0 Å². The number of rotatable bonds is 16. The molecule has 2 saturated heterocycles. The number of carbonyl (C=O) groups excluding carboxylic acids is 2. The number of hydrogen-bond donors (Lipinski definition) is 2. The van der Waals surface area contributed by atoms with Crippen LogP contribution in [0.25, 0.3) is 21.9 Å². The Bertz CT molecular complexity index is 2090. The summed E-state index contributed by atoms with van der Waals surface area (Å²) in [5, 5.41) is 6.63. The van der Waals surface area contributed by atoms with Gasteiger partial charge in [0.05, 0.1) is 14.2 Å². The number of benzene rings is 2. The summed E-state index contributed by atoms with van der Waals surface area (Å²) < 4.78 is 35.3. The zero-order valence-corrected chi connectivity index (χ0v) is 34.5. The maximum absolute atomic E-state index is 12.9.